The summed E-state index contributed by atoms with van der Waals surface area (Å²) in [6.07, 6.45) is 2.92. The van der Waals surface area contributed by atoms with Gasteiger partial charge in [0.2, 0.25) is 0 Å². The van der Waals surface area contributed by atoms with Crippen LogP contribution in [0.4, 0.5) is 5.69 Å². The van der Waals surface area contributed by atoms with Gasteiger partial charge in [0.05, 0.1) is 12.2 Å². The van der Waals surface area contributed by atoms with Gasteiger partial charge in [0, 0.05) is 38.3 Å². The predicted molar refractivity (Wildman–Crippen MR) is 132 cm³/mol. The Bertz CT molecular complexity index is 815. The molecule has 0 bridgehead atoms. The molecule has 1 aromatic rings. The molecule has 1 aliphatic heterocycles. The maximum absolute atomic E-state index is 12.6. The first-order chi connectivity index (χ1) is 16.4. The second kappa shape index (κ2) is 14.7. The van der Waals surface area contributed by atoms with Crippen molar-refractivity contribution in [3.05, 3.63) is 35.4 Å². The highest BCUT2D eigenvalue weighted by atomic mass is 16.5. The standard InChI is InChI=1S/C26H39N3O5/c1-3-12-29(13-4-2)21-10-8-19(9-11-21)15-20(17-27)26(33)28-18-24-25(32)23(31)16-22(34-24)7-5-6-14-30/h8-11,15,22-25,30-32H,3-7,12-14,16,18H2,1-2H3,(H,28,33)/b20-15+/t22?,23-,24-,25+/m1/s1. The highest BCUT2D eigenvalue weighted by Gasteiger charge is 2.36. The summed E-state index contributed by atoms with van der Waals surface area (Å²) in [6, 6.07) is 9.71. The van der Waals surface area contributed by atoms with Crippen LogP contribution >= 0.6 is 0 Å². The Balaban J connectivity index is 1.98. The number of anilines is 1. The van der Waals surface area contributed by atoms with Gasteiger partial charge < -0.3 is 30.3 Å². The van der Waals surface area contributed by atoms with Gasteiger partial charge in [0.25, 0.3) is 5.91 Å². The highest BCUT2D eigenvalue weighted by molar-refractivity contribution is 6.01. The number of nitrogens with one attached hydrogen (secondary N) is 1. The van der Waals surface area contributed by atoms with E-state index in [1.165, 1.54) is 6.08 Å². The quantitative estimate of drug-likeness (QED) is 0.197. The van der Waals surface area contributed by atoms with Crippen molar-refractivity contribution < 1.29 is 24.9 Å². The van der Waals surface area contributed by atoms with Crippen LogP contribution in [0.5, 0.6) is 0 Å². The van der Waals surface area contributed by atoms with E-state index < -0.39 is 24.2 Å². The fourth-order valence-electron chi connectivity index (χ4n) is 4.17. The number of aliphatic hydroxyl groups is 3. The van der Waals surface area contributed by atoms with E-state index in [0.717, 1.165) is 43.6 Å². The van der Waals surface area contributed by atoms with E-state index in [1.54, 1.807) is 0 Å². The second-order valence-electron chi connectivity index (χ2n) is 8.77. The second-order valence-corrected chi connectivity index (χ2v) is 8.77. The normalized spacial score (nSPS) is 22.8. The van der Waals surface area contributed by atoms with Crippen LogP contribution in [0.3, 0.4) is 0 Å². The van der Waals surface area contributed by atoms with E-state index in [0.29, 0.717) is 19.3 Å². The molecular weight excluding hydrogens is 434 g/mol. The fourth-order valence-corrected chi connectivity index (χ4v) is 4.17. The number of nitriles is 1. The van der Waals surface area contributed by atoms with E-state index in [-0.39, 0.29) is 24.8 Å². The molecule has 1 amide bonds. The molecule has 1 aromatic carbocycles. The van der Waals surface area contributed by atoms with Crippen LogP contribution in [-0.4, -0.2) is 71.9 Å². The summed E-state index contributed by atoms with van der Waals surface area (Å²) >= 11 is 0. The van der Waals surface area contributed by atoms with E-state index in [1.807, 2.05) is 30.3 Å². The minimum atomic E-state index is -1.12. The molecule has 0 saturated carbocycles. The van der Waals surface area contributed by atoms with Crippen molar-refractivity contribution in [2.45, 2.75) is 76.8 Å². The topological polar surface area (TPSA) is 126 Å². The van der Waals surface area contributed by atoms with Gasteiger partial charge in [-0.2, -0.15) is 5.26 Å². The molecule has 34 heavy (non-hydrogen) atoms. The fraction of sp³-hybridized carbons (Fsp3) is 0.615. The Hall–Kier alpha value is -2.44. The minimum Gasteiger partial charge on any atom is -0.396 e. The average molecular weight is 474 g/mol. The van der Waals surface area contributed by atoms with E-state index in [2.05, 4.69) is 24.1 Å². The van der Waals surface area contributed by atoms with E-state index in [4.69, 9.17) is 9.84 Å². The number of amides is 1. The van der Waals surface area contributed by atoms with Crippen molar-refractivity contribution in [2.75, 3.05) is 31.1 Å². The Morgan fingerprint density at radius 2 is 1.88 bits per heavy atom. The number of ether oxygens (including phenoxy) is 1. The van der Waals surface area contributed by atoms with Gasteiger partial charge in [0.15, 0.2) is 0 Å². The molecule has 4 N–H and O–H groups in total. The molecule has 188 valence electrons. The SMILES string of the molecule is CCCN(CCC)c1ccc(/C=C(\C#N)C(=O)NC[C@H]2OC(CCCCO)C[C@@H](O)[C@@H]2O)cc1. The lowest BCUT2D eigenvalue weighted by Crippen LogP contribution is -2.52. The maximum Gasteiger partial charge on any atom is 0.262 e. The van der Waals surface area contributed by atoms with Crippen molar-refractivity contribution in [1.82, 2.24) is 5.32 Å². The zero-order valence-corrected chi connectivity index (χ0v) is 20.3. The molecule has 8 heteroatoms. The van der Waals surface area contributed by atoms with Crippen molar-refractivity contribution in [1.29, 1.82) is 5.26 Å². The first kappa shape index (κ1) is 27.8. The van der Waals surface area contributed by atoms with Crippen LogP contribution in [0.15, 0.2) is 29.8 Å². The molecule has 4 atom stereocenters. The molecule has 8 nitrogen and oxygen atoms in total. The summed E-state index contributed by atoms with van der Waals surface area (Å²) in [7, 11) is 0. The van der Waals surface area contributed by atoms with Gasteiger partial charge in [0.1, 0.15) is 23.9 Å². The molecule has 2 rings (SSSR count). The molecular formula is C26H39N3O5. The van der Waals surface area contributed by atoms with Crippen LogP contribution in [0, 0.1) is 11.3 Å². The van der Waals surface area contributed by atoms with Crippen molar-refractivity contribution >= 4 is 17.7 Å². The van der Waals surface area contributed by atoms with Crippen LogP contribution < -0.4 is 10.2 Å². The van der Waals surface area contributed by atoms with Crippen LogP contribution in [0.1, 0.15) is 57.9 Å². The van der Waals surface area contributed by atoms with Crippen LogP contribution in [-0.2, 0) is 9.53 Å². The zero-order valence-electron chi connectivity index (χ0n) is 20.3. The molecule has 0 aliphatic carbocycles. The lowest BCUT2D eigenvalue weighted by molar-refractivity contribution is -0.168. The van der Waals surface area contributed by atoms with E-state index >= 15 is 0 Å². The highest BCUT2D eigenvalue weighted by Crippen LogP contribution is 2.24. The Kier molecular flexibility index (Phi) is 12.1. The summed E-state index contributed by atoms with van der Waals surface area (Å²) in [5.41, 5.74) is 1.81. The number of carbonyl (C=O) groups excluding carboxylic acids is 1. The predicted octanol–water partition coefficient (Wildman–Crippen LogP) is 2.38. The monoisotopic (exact) mass is 473 g/mol. The number of carbonyl (C=O) groups is 1. The van der Waals surface area contributed by atoms with Crippen LogP contribution in [0.25, 0.3) is 6.08 Å². The number of aliphatic hydroxyl groups excluding tert-OH is 3. The molecule has 0 aromatic heterocycles. The van der Waals surface area contributed by atoms with E-state index in [9.17, 15) is 20.3 Å². The first-order valence-electron chi connectivity index (χ1n) is 12.3. The molecule has 0 spiro atoms. The van der Waals surface area contributed by atoms with Gasteiger partial charge in [-0.25, -0.2) is 0 Å². The average Bonchev–Trinajstić information content (AvgIpc) is 2.84. The van der Waals surface area contributed by atoms with Gasteiger partial charge in [-0.1, -0.05) is 26.0 Å². The third-order valence-electron chi connectivity index (χ3n) is 5.97. The lowest BCUT2D eigenvalue weighted by atomic mass is 9.95. The molecule has 1 heterocycles. The zero-order chi connectivity index (χ0) is 24.9. The molecule has 1 aliphatic rings. The van der Waals surface area contributed by atoms with Gasteiger partial charge in [-0.3, -0.25) is 4.79 Å². The van der Waals surface area contributed by atoms with Crippen molar-refractivity contribution in [3.63, 3.8) is 0 Å². The Morgan fingerprint density at radius 1 is 1.21 bits per heavy atom. The van der Waals surface area contributed by atoms with Gasteiger partial charge in [-0.15, -0.1) is 0 Å². The number of hydrogen-bond acceptors (Lipinski definition) is 7. The van der Waals surface area contributed by atoms with Crippen molar-refractivity contribution in [3.8, 4) is 6.07 Å². The maximum atomic E-state index is 12.6. The first-order valence-corrected chi connectivity index (χ1v) is 12.3. The smallest absolute Gasteiger partial charge is 0.262 e. The lowest BCUT2D eigenvalue weighted by Gasteiger charge is -2.37. The van der Waals surface area contributed by atoms with Gasteiger partial charge >= 0.3 is 0 Å². The molecule has 1 unspecified atom stereocenters. The number of unbranched alkanes of at least 4 members (excludes halogenated alkanes) is 1. The summed E-state index contributed by atoms with van der Waals surface area (Å²) in [5.74, 6) is -0.558. The molecule has 1 saturated heterocycles. The summed E-state index contributed by atoms with van der Waals surface area (Å²) < 4.78 is 5.86. The summed E-state index contributed by atoms with van der Waals surface area (Å²) in [6.45, 7) is 6.32. The third-order valence-corrected chi connectivity index (χ3v) is 5.97. The third kappa shape index (κ3) is 8.41. The van der Waals surface area contributed by atoms with Gasteiger partial charge in [-0.05, 0) is 55.9 Å². The Morgan fingerprint density at radius 3 is 2.47 bits per heavy atom. The number of rotatable bonds is 13. The number of nitrogens with zero attached hydrogens (tertiary/aromatic N) is 2. The van der Waals surface area contributed by atoms with Crippen LogP contribution in [0.2, 0.25) is 0 Å². The minimum absolute atomic E-state index is 0.0193. The summed E-state index contributed by atoms with van der Waals surface area (Å²) in [4.78, 5) is 14.9. The largest absolute Gasteiger partial charge is 0.396 e. The Labute approximate surface area is 202 Å². The summed E-state index contributed by atoms with van der Waals surface area (Å²) in [5, 5.41) is 41.5. The number of benzene rings is 1. The number of hydrogen-bond donors (Lipinski definition) is 4. The molecule has 0 radical (unpaired) electrons. The van der Waals surface area contributed by atoms with Crippen molar-refractivity contribution in [2.24, 2.45) is 0 Å². The molecule has 1 fully saturated rings.